The minimum Gasteiger partial charge on any atom is -0.370 e. The molecule has 0 unspecified atom stereocenters. The summed E-state index contributed by atoms with van der Waals surface area (Å²) in [6, 6.07) is 7.88. The largest absolute Gasteiger partial charge is 0.370 e. The molecule has 17 heavy (non-hydrogen) atoms. The van der Waals surface area contributed by atoms with Gasteiger partial charge in [0, 0.05) is 19.5 Å². The first-order valence-corrected chi connectivity index (χ1v) is 6.32. The van der Waals surface area contributed by atoms with Crippen LogP contribution in [-0.4, -0.2) is 19.0 Å². The van der Waals surface area contributed by atoms with Crippen molar-refractivity contribution >= 4 is 23.2 Å². The van der Waals surface area contributed by atoms with E-state index in [1.54, 1.807) is 0 Å². The molecular weight excluding hydrogens is 236 g/mol. The average molecular weight is 253 g/mol. The van der Waals surface area contributed by atoms with E-state index in [1.165, 1.54) is 0 Å². The fourth-order valence-corrected chi connectivity index (χ4v) is 2.63. The molecule has 1 aromatic rings. The van der Waals surface area contributed by atoms with Gasteiger partial charge in [-0.15, -0.1) is 0 Å². The molecule has 0 aliphatic carbocycles. The van der Waals surface area contributed by atoms with Gasteiger partial charge in [0.15, 0.2) is 0 Å². The lowest BCUT2D eigenvalue weighted by Gasteiger charge is -2.33. The third kappa shape index (κ3) is 3.13. The maximum atomic E-state index is 10.9. The molecule has 0 bridgehead atoms. The number of hydrogen-bond acceptors (Lipinski definition) is 2. The van der Waals surface area contributed by atoms with Crippen LogP contribution >= 0.6 is 11.6 Å². The van der Waals surface area contributed by atoms with E-state index in [1.807, 2.05) is 24.3 Å². The Morgan fingerprint density at radius 1 is 1.35 bits per heavy atom. The number of carbonyl (C=O) groups is 1. The van der Waals surface area contributed by atoms with Crippen LogP contribution in [0.2, 0.25) is 5.02 Å². The van der Waals surface area contributed by atoms with Crippen LogP contribution in [0, 0.1) is 5.92 Å². The van der Waals surface area contributed by atoms with Gasteiger partial charge in [-0.05, 0) is 30.9 Å². The van der Waals surface area contributed by atoms with Gasteiger partial charge in [0.05, 0.1) is 10.7 Å². The summed E-state index contributed by atoms with van der Waals surface area (Å²) in [5, 5.41) is 0.792. The van der Waals surface area contributed by atoms with Crippen LogP contribution in [0.3, 0.4) is 0 Å². The number of carbonyl (C=O) groups excluding carboxylic acids is 1. The predicted octanol–water partition coefficient (Wildman–Crippen LogP) is 2.43. The predicted molar refractivity (Wildman–Crippen MR) is 70.2 cm³/mol. The first-order valence-electron chi connectivity index (χ1n) is 5.94. The van der Waals surface area contributed by atoms with E-state index in [2.05, 4.69) is 4.90 Å². The van der Waals surface area contributed by atoms with Crippen molar-refractivity contribution in [1.29, 1.82) is 0 Å². The molecule has 3 nitrogen and oxygen atoms in total. The minimum atomic E-state index is -0.193. The van der Waals surface area contributed by atoms with Crippen molar-refractivity contribution in [2.45, 2.75) is 19.3 Å². The number of anilines is 1. The lowest BCUT2D eigenvalue weighted by molar-refractivity contribution is -0.119. The maximum absolute atomic E-state index is 10.9. The second-order valence-electron chi connectivity index (χ2n) is 4.55. The molecule has 0 spiro atoms. The number of primary amides is 1. The third-order valence-electron chi connectivity index (χ3n) is 3.30. The monoisotopic (exact) mass is 252 g/mol. The van der Waals surface area contributed by atoms with E-state index in [4.69, 9.17) is 17.3 Å². The molecule has 1 fully saturated rings. The van der Waals surface area contributed by atoms with E-state index in [9.17, 15) is 4.79 Å². The number of hydrogen-bond donors (Lipinski definition) is 1. The first-order chi connectivity index (χ1) is 8.16. The van der Waals surface area contributed by atoms with Crippen LogP contribution in [-0.2, 0) is 4.79 Å². The topological polar surface area (TPSA) is 46.3 Å². The molecule has 2 rings (SSSR count). The zero-order valence-corrected chi connectivity index (χ0v) is 10.5. The van der Waals surface area contributed by atoms with Crippen molar-refractivity contribution in [2.24, 2.45) is 11.7 Å². The molecule has 1 aromatic carbocycles. The third-order valence-corrected chi connectivity index (χ3v) is 3.62. The Labute approximate surface area is 107 Å². The Morgan fingerprint density at radius 3 is 2.59 bits per heavy atom. The summed E-state index contributed by atoms with van der Waals surface area (Å²) in [4.78, 5) is 13.1. The van der Waals surface area contributed by atoms with Crippen LogP contribution in [0.5, 0.6) is 0 Å². The maximum Gasteiger partial charge on any atom is 0.217 e. The number of nitrogens with two attached hydrogens (primary N) is 1. The number of benzene rings is 1. The molecular formula is C13H17ClN2O. The number of nitrogens with zero attached hydrogens (tertiary/aromatic N) is 1. The summed E-state index contributed by atoms with van der Waals surface area (Å²) in [5.74, 6) is 0.243. The van der Waals surface area contributed by atoms with Crippen molar-refractivity contribution in [3.05, 3.63) is 29.3 Å². The molecule has 1 saturated heterocycles. The van der Waals surface area contributed by atoms with Crippen LogP contribution in [0.15, 0.2) is 24.3 Å². The standard InChI is InChI=1S/C13H17ClN2O/c14-11-3-1-2-4-12(11)16-7-5-10(6-8-16)9-13(15)17/h1-4,10H,5-9H2,(H2,15,17). The van der Waals surface area contributed by atoms with Crippen LogP contribution in [0.1, 0.15) is 19.3 Å². The summed E-state index contributed by atoms with van der Waals surface area (Å²) in [5.41, 5.74) is 6.31. The first kappa shape index (κ1) is 12.2. The molecule has 0 atom stereocenters. The number of halogens is 1. The number of piperidine rings is 1. The second-order valence-corrected chi connectivity index (χ2v) is 4.96. The molecule has 1 aliphatic rings. The van der Waals surface area contributed by atoms with Crippen molar-refractivity contribution in [3.8, 4) is 0 Å². The second kappa shape index (κ2) is 5.41. The van der Waals surface area contributed by atoms with E-state index in [0.717, 1.165) is 36.6 Å². The van der Waals surface area contributed by atoms with E-state index in [0.29, 0.717) is 12.3 Å². The smallest absolute Gasteiger partial charge is 0.217 e. The Morgan fingerprint density at radius 2 is 2.00 bits per heavy atom. The Balaban J connectivity index is 1.95. The quantitative estimate of drug-likeness (QED) is 0.898. The SMILES string of the molecule is NC(=O)CC1CCN(c2ccccc2Cl)CC1. The minimum absolute atomic E-state index is 0.193. The van der Waals surface area contributed by atoms with Gasteiger partial charge in [-0.25, -0.2) is 0 Å². The van der Waals surface area contributed by atoms with Crippen LogP contribution in [0.25, 0.3) is 0 Å². The fourth-order valence-electron chi connectivity index (χ4n) is 2.37. The van der Waals surface area contributed by atoms with Crippen molar-refractivity contribution in [2.75, 3.05) is 18.0 Å². The van der Waals surface area contributed by atoms with Crippen LogP contribution < -0.4 is 10.6 Å². The molecule has 1 aliphatic heterocycles. The van der Waals surface area contributed by atoms with Gasteiger partial charge in [-0.3, -0.25) is 4.79 Å². The molecule has 92 valence electrons. The lowest BCUT2D eigenvalue weighted by Crippen LogP contribution is -2.35. The van der Waals surface area contributed by atoms with Crippen molar-refractivity contribution < 1.29 is 4.79 Å². The van der Waals surface area contributed by atoms with Crippen LogP contribution in [0.4, 0.5) is 5.69 Å². The highest BCUT2D eigenvalue weighted by Crippen LogP contribution is 2.30. The highest BCUT2D eigenvalue weighted by molar-refractivity contribution is 6.33. The Bertz CT molecular complexity index is 400. The van der Waals surface area contributed by atoms with Gasteiger partial charge in [0.2, 0.25) is 5.91 Å². The molecule has 2 N–H and O–H groups in total. The summed E-state index contributed by atoms with van der Waals surface area (Å²) >= 11 is 6.16. The zero-order chi connectivity index (χ0) is 12.3. The van der Waals surface area contributed by atoms with Gasteiger partial charge in [0.25, 0.3) is 0 Å². The van der Waals surface area contributed by atoms with Gasteiger partial charge >= 0.3 is 0 Å². The summed E-state index contributed by atoms with van der Waals surface area (Å²) < 4.78 is 0. The highest BCUT2D eigenvalue weighted by atomic mass is 35.5. The highest BCUT2D eigenvalue weighted by Gasteiger charge is 2.21. The number of rotatable bonds is 3. The average Bonchev–Trinajstić information content (AvgIpc) is 2.30. The molecule has 0 saturated carbocycles. The summed E-state index contributed by atoms with van der Waals surface area (Å²) in [7, 11) is 0. The summed E-state index contributed by atoms with van der Waals surface area (Å²) in [6.07, 6.45) is 2.53. The molecule has 0 aromatic heterocycles. The van der Waals surface area contributed by atoms with Crippen molar-refractivity contribution in [1.82, 2.24) is 0 Å². The fraction of sp³-hybridized carbons (Fsp3) is 0.462. The van der Waals surface area contributed by atoms with E-state index < -0.39 is 0 Å². The number of para-hydroxylation sites is 1. The Hall–Kier alpha value is -1.22. The van der Waals surface area contributed by atoms with Gasteiger partial charge in [0.1, 0.15) is 0 Å². The molecule has 1 amide bonds. The van der Waals surface area contributed by atoms with Gasteiger partial charge in [-0.2, -0.15) is 0 Å². The zero-order valence-electron chi connectivity index (χ0n) is 9.73. The lowest BCUT2D eigenvalue weighted by atomic mass is 9.93. The summed E-state index contributed by atoms with van der Waals surface area (Å²) in [6.45, 7) is 1.89. The van der Waals surface area contributed by atoms with E-state index in [-0.39, 0.29) is 5.91 Å². The molecule has 0 radical (unpaired) electrons. The van der Waals surface area contributed by atoms with Gasteiger partial charge < -0.3 is 10.6 Å². The Kier molecular flexibility index (Phi) is 3.89. The van der Waals surface area contributed by atoms with E-state index >= 15 is 0 Å². The van der Waals surface area contributed by atoms with Crippen molar-refractivity contribution in [3.63, 3.8) is 0 Å². The van der Waals surface area contributed by atoms with Gasteiger partial charge in [-0.1, -0.05) is 23.7 Å². The molecule has 1 heterocycles. The normalized spacial score (nSPS) is 17.1. The number of amides is 1. The molecule has 4 heteroatoms.